The number of hydrogen-bond acceptors (Lipinski definition) is 2. The van der Waals surface area contributed by atoms with Gasteiger partial charge < -0.3 is 9.67 Å². The zero-order valence-electron chi connectivity index (χ0n) is 12.5. The molecule has 2 aromatic rings. The summed E-state index contributed by atoms with van der Waals surface area (Å²) in [4.78, 5) is 13.6. The van der Waals surface area contributed by atoms with E-state index < -0.39 is 5.97 Å². The maximum absolute atomic E-state index is 11.2. The lowest BCUT2D eigenvalue weighted by molar-refractivity contribution is 0.0686. The average Bonchev–Trinajstić information content (AvgIpc) is 2.78. The predicted molar refractivity (Wildman–Crippen MR) is 81.4 cm³/mol. The second kappa shape index (κ2) is 5.37. The van der Waals surface area contributed by atoms with Crippen molar-refractivity contribution >= 4 is 5.97 Å². The van der Waals surface area contributed by atoms with E-state index in [1.165, 1.54) is 11.1 Å². The van der Waals surface area contributed by atoms with Crippen molar-refractivity contribution in [2.24, 2.45) is 7.05 Å². The van der Waals surface area contributed by atoms with Crippen LogP contribution in [0.2, 0.25) is 0 Å². The number of rotatable bonds is 3. The van der Waals surface area contributed by atoms with E-state index in [1.807, 2.05) is 17.7 Å². The number of fused-ring (bicyclic) bond motifs is 1. The third-order valence-corrected chi connectivity index (χ3v) is 4.25. The van der Waals surface area contributed by atoms with Crippen LogP contribution >= 0.6 is 0 Å². The molecule has 4 nitrogen and oxygen atoms in total. The summed E-state index contributed by atoms with van der Waals surface area (Å²) in [6, 6.07) is 10.4. The van der Waals surface area contributed by atoms with Crippen LogP contribution in [0.5, 0.6) is 0 Å². The molecule has 110 valence electrons. The molecule has 0 bridgehead atoms. The first-order valence-electron chi connectivity index (χ1n) is 7.23. The second-order valence-corrected chi connectivity index (χ2v) is 5.81. The van der Waals surface area contributed by atoms with Crippen LogP contribution in [0.1, 0.15) is 32.9 Å². The number of nitrogens with zero attached hydrogens (tertiary/aromatic N) is 2. The van der Waals surface area contributed by atoms with Crippen LogP contribution < -0.4 is 0 Å². The molecule has 0 amide bonds. The van der Waals surface area contributed by atoms with Crippen LogP contribution in [0.25, 0.3) is 0 Å². The molecule has 0 unspecified atom stereocenters. The number of aryl methyl sites for hydroxylation is 1. The standard InChI is InChI=1S/C17H20N2O2/c1-12-3-5-13(6-4-12)10-19-8-7-15-14(11-19)9-16(17(20)21)18(15)2/h3-6,9H,7-8,10-11H2,1-2H3,(H,20,21). The second-order valence-electron chi connectivity index (χ2n) is 5.81. The van der Waals surface area contributed by atoms with Crippen molar-refractivity contribution in [1.82, 2.24) is 9.47 Å². The van der Waals surface area contributed by atoms with Crippen LogP contribution in [0, 0.1) is 6.92 Å². The van der Waals surface area contributed by atoms with Crippen molar-refractivity contribution in [3.05, 3.63) is 58.4 Å². The summed E-state index contributed by atoms with van der Waals surface area (Å²) in [7, 11) is 1.85. The minimum Gasteiger partial charge on any atom is -0.477 e. The topological polar surface area (TPSA) is 45.5 Å². The minimum absolute atomic E-state index is 0.386. The van der Waals surface area contributed by atoms with Gasteiger partial charge in [0.2, 0.25) is 0 Å². The molecule has 2 heterocycles. The van der Waals surface area contributed by atoms with Gasteiger partial charge in [-0.05, 0) is 24.1 Å². The molecule has 1 aromatic heterocycles. The largest absolute Gasteiger partial charge is 0.477 e. The van der Waals surface area contributed by atoms with Crippen LogP contribution in [-0.4, -0.2) is 27.1 Å². The lowest BCUT2D eigenvalue weighted by atomic mass is 10.1. The van der Waals surface area contributed by atoms with E-state index in [-0.39, 0.29) is 0 Å². The van der Waals surface area contributed by atoms with Crippen LogP contribution in [0.15, 0.2) is 30.3 Å². The highest BCUT2D eigenvalue weighted by atomic mass is 16.4. The molecule has 0 radical (unpaired) electrons. The van der Waals surface area contributed by atoms with E-state index in [0.717, 1.165) is 37.3 Å². The average molecular weight is 284 g/mol. The number of carboxylic acids is 1. The Bertz CT molecular complexity index is 671. The Morgan fingerprint density at radius 2 is 2.00 bits per heavy atom. The number of aromatic carboxylic acids is 1. The van der Waals surface area contributed by atoms with E-state index in [4.69, 9.17) is 0 Å². The van der Waals surface area contributed by atoms with E-state index >= 15 is 0 Å². The predicted octanol–water partition coefficient (Wildman–Crippen LogP) is 2.59. The zero-order valence-corrected chi connectivity index (χ0v) is 12.5. The van der Waals surface area contributed by atoms with Gasteiger partial charge in [0.1, 0.15) is 5.69 Å². The minimum atomic E-state index is -0.850. The summed E-state index contributed by atoms with van der Waals surface area (Å²) in [6.45, 7) is 4.80. The molecule has 0 fully saturated rings. The molecule has 4 heteroatoms. The van der Waals surface area contributed by atoms with E-state index in [9.17, 15) is 9.90 Å². The molecule has 1 N–H and O–H groups in total. The van der Waals surface area contributed by atoms with Crippen molar-refractivity contribution in [3.63, 3.8) is 0 Å². The molecule has 0 atom stereocenters. The molecule has 0 spiro atoms. The lowest BCUT2D eigenvalue weighted by Crippen LogP contribution is -2.30. The van der Waals surface area contributed by atoms with Crippen LogP contribution in [-0.2, 0) is 26.6 Å². The summed E-state index contributed by atoms with van der Waals surface area (Å²) in [6.07, 6.45) is 0.908. The summed E-state index contributed by atoms with van der Waals surface area (Å²) in [5, 5.41) is 9.21. The Kier molecular flexibility index (Phi) is 3.55. The molecule has 0 saturated heterocycles. The Morgan fingerprint density at radius 1 is 1.29 bits per heavy atom. The van der Waals surface area contributed by atoms with Gasteiger partial charge in [-0.25, -0.2) is 4.79 Å². The van der Waals surface area contributed by atoms with Gasteiger partial charge in [-0.1, -0.05) is 29.8 Å². The highest BCUT2D eigenvalue weighted by Crippen LogP contribution is 2.23. The number of aromatic nitrogens is 1. The van der Waals surface area contributed by atoms with Gasteiger partial charge in [-0.3, -0.25) is 4.90 Å². The third kappa shape index (κ3) is 2.72. The molecule has 0 aliphatic carbocycles. The van der Waals surface area contributed by atoms with Crippen molar-refractivity contribution < 1.29 is 9.90 Å². The van der Waals surface area contributed by atoms with Gasteiger partial charge in [-0.2, -0.15) is 0 Å². The van der Waals surface area contributed by atoms with Crippen molar-refractivity contribution in [2.75, 3.05) is 6.54 Å². The van der Waals surface area contributed by atoms with Gasteiger partial charge >= 0.3 is 5.97 Å². The van der Waals surface area contributed by atoms with Gasteiger partial charge in [0.05, 0.1) is 0 Å². The molecule has 1 aliphatic heterocycles. The Labute approximate surface area is 124 Å². The third-order valence-electron chi connectivity index (χ3n) is 4.25. The molecular formula is C17H20N2O2. The quantitative estimate of drug-likeness (QED) is 0.942. The number of carboxylic acid groups (broad SMARTS) is 1. The fourth-order valence-electron chi connectivity index (χ4n) is 3.05. The number of benzene rings is 1. The smallest absolute Gasteiger partial charge is 0.352 e. The first kappa shape index (κ1) is 13.9. The fourth-order valence-corrected chi connectivity index (χ4v) is 3.05. The maximum Gasteiger partial charge on any atom is 0.352 e. The summed E-state index contributed by atoms with van der Waals surface area (Å²) in [5.74, 6) is -0.850. The Morgan fingerprint density at radius 3 is 2.67 bits per heavy atom. The summed E-state index contributed by atoms with van der Waals surface area (Å²) >= 11 is 0. The highest BCUT2D eigenvalue weighted by molar-refractivity contribution is 5.86. The van der Waals surface area contributed by atoms with E-state index in [2.05, 4.69) is 36.1 Å². The van der Waals surface area contributed by atoms with E-state index in [1.54, 1.807) is 0 Å². The Balaban J connectivity index is 1.77. The molecule has 1 aromatic carbocycles. The highest BCUT2D eigenvalue weighted by Gasteiger charge is 2.23. The van der Waals surface area contributed by atoms with Crippen LogP contribution in [0.4, 0.5) is 0 Å². The summed E-state index contributed by atoms with van der Waals surface area (Å²) in [5.41, 5.74) is 5.27. The molecular weight excluding hydrogens is 264 g/mol. The van der Waals surface area contributed by atoms with Crippen LogP contribution in [0.3, 0.4) is 0 Å². The summed E-state index contributed by atoms with van der Waals surface area (Å²) < 4.78 is 1.82. The van der Waals surface area contributed by atoms with Crippen molar-refractivity contribution in [1.29, 1.82) is 0 Å². The first-order valence-corrected chi connectivity index (χ1v) is 7.23. The SMILES string of the molecule is Cc1ccc(CN2CCc3c(cc(C(=O)O)n3C)C2)cc1. The molecule has 3 rings (SSSR count). The first-order chi connectivity index (χ1) is 10.0. The lowest BCUT2D eigenvalue weighted by Gasteiger charge is -2.27. The number of hydrogen-bond donors (Lipinski definition) is 1. The Hall–Kier alpha value is -2.07. The normalized spacial score (nSPS) is 15.0. The molecule has 0 saturated carbocycles. The van der Waals surface area contributed by atoms with Gasteiger partial charge in [0.15, 0.2) is 0 Å². The van der Waals surface area contributed by atoms with Gasteiger partial charge in [0, 0.05) is 38.8 Å². The monoisotopic (exact) mass is 284 g/mol. The fraction of sp³-hybridized carbons (Fsp3) is 0.353. The van der Waals surface area contributed by atoms with Crippen molar-refractivity contribution in [3.8, 4) is 0 Å². The van der Waals surface area contributed by atoms with Gasteiger partial charge in [0.25, 0.3) is 0 Å². The van der Waals surface area contributed by atoms with Gasteiger partial charge in [-0.15, -0.1) is 0 Å². The van der Waals surface area contributed by atoms with Crippen molar-refractivity contribution in [2.45, 2.75) is 26.4 Å². The molecule has 21 heavy (non-hydrogen) atoms. The number of carbonyl (C=O) groups is 1. The zero-order chi connectivity index (χ0) is 15.0. The maximum atomic E-state index is 11.2. The molecule has 1 aliphatic rings. The van der Waals surface area contributed by atoms with E-state index in [0.29, 0.717) is 5.69 Å².